The number of halogens is 5. The molecule has 0 aliphatic heterocycles. The predicted octanol–water partition coefficient (Wildman–Crippen LogP) is 6.79. The highest BCUT2D eigenvalue weighted by Crippen LogP contribution is 2.45. The Kier molecular flexibility index (Phi) is 8.99. The molecule has 0 spiro atoms. The number of amides is 1. The van der Waals surface area contributed by atoms with Gasteiger partial charge in [0.2, 0.25) is 0 Å². The molecule has 2 aliphatic rings. The summed E-state index contributed by atoms with van der Waals surface area (Å²) < 4.78 is 49.2. The third-order valence-electron chi connectivity index (χ3n) is 8.00. The Morgan fingerprint density at radius 2 is 1.71 bits per heavy atom. The van der Waals surface area contributed by atoms with Crippen molar-refractivity contribution in [1.82, 2.24) is 14.7 Å². The number of ketones is 1. The van der Waals surface area contributed by atoms with Gasteiger partial charge < -0.3 is 14.7 Å². The molecule has 0 saturated heterocycles. The standard InChI is InChI=1S/C28H32Cl2F3N3O5/c1-27(2)10-15(11-27)13-35(14-22(37)23-20(29)8-18(41-3)9-21(23)30)25(38)19-12-34-36(24(19)28(31,32)33)17-6-4-16(5-7-17)26(39)40/h8-9,12,15-17H,4-7,10-11,13-14H2,1-3H3,(H,39,40)/t16-,17-. The molecule has 1 amide bonds. The molecule has 0 bridgehead atoms. The van der Waals surface area contributed by atoms with E-state index in [-0.39, 0.29) is 59.2 Å². The van der Waals surface area contributed by atoms with Crippen LogP contribution < -0.4 is 4.74 Å². The molecule has 1 N–H and O–H groups in total. The molecule has 0 atom stereocenters. The van der Waals surface area contributed by atoms with Gasteiger partial charge >= 0.3 is 12.1 Å². The lowest BCUT2D eigenvalue weighted by atomic mass is 9.64. The molecule has 4 rings (SSSR count). The van der Waals surface area contributed by atoms with E-state index in [0.717, 1.165) is 28.6 Å². The van der Waals surface area contributed by atoms with Gasteiger partial charge in [-0.3, -0.25) is 19.1 Å². The molecular formula is C28H32Cl2F3N3O5. The number of methoxy groups -OCH3 is 1. The molecule has 41 heavy (non-hydrogen) atoms. The fourth-order valence-electron chi connectivity index (χ4n) is 6.17. The van der Waals surface area contributed by atoms with Crippen LogP contribution in [0.1, 0.15) is 84.8 Å². The van der Waals surface area contributed by atoms with Crippen molar-refractivity contribution in [3.8, 4) is 5.75 Å². The molecule has 2 fully saturated rings. The number of Topliss-reactive ketones (excluding diaryl/α,β-unsaturated/α-hetero) is 1. The van der Waals surface area contributed by atoms with E-state index in [1.165, 1.54) is 19.2 Å². The molecule has 1 aromatic carbocycles. The second-order valence-corrected chi connectivity index (χ2v) is 12.5. The Bertz CT molecular complexity index is 1300. The van der Waals surface area contributed by atoms with Crippen molar-refractivity contribution in [2.45, 2.75) is 64.6 Å². The summed E-state index contributed by atoms with van der Waals surface area (Å²) in [6.07, 6.45) is -1.75. The van der Waals surface area contributed by atoms with Gasteiger partial charge in [-0.2, -0.15) is 18.3 Å². The van der Waals surface area contributed by atoms with E-state index < -0.39 is 53.6 Å². The fourth-order valence-corrected chi connectivity index (χ4v) is 6.84. The molecule has 0 unspecified atom stereocenters. The van der Waals surface area contributed by atoms with Crippen molar-refractivity contribution in [2.75, 3.05) is 20.2 Å². The highest BCUT2D eigenvalue weighted by Gasteiger charge is 2.44. The summed E-state index contributed by atoms with van der Waals surface area (Å²) in [7, 11) is 1.40. The summed E-state index contributed by atoms with van der Waals surface area (Å²) in [5.41, 5.74) is -1.88. The number of aromatic nitrogens is 2. The first-order valence-electron chi connectivity index (χ1n) is 13.3. The van der Waals surface area contributed by atoms with Crippen molar-refractivity contribution in [3.05, 3.63) is 45.2 Å². The molecule has 2 saturated carbocycles. The highest BCUT2D eigenvalue weighted by molar-refractivity contribution is 6.40. The average molecular weight is 618 g/mol. The summed E-state index contributed by atoms with van der Waals surface area (Å²) in [6.45, 7) is 3.66. The van der Waals surface area contributed by atoms with Crippen molar-refractivity contribution in [1.29, 1.82) is 0 Å². The summed E-state index contributed by atoms with van der Waals surface area (Å²) in [5.74, 6) is -2.88. The molecular weight excluding hydrogens is 586 g/mol. The number of rotatable bonds is 9. The van der Waals surface area contributed by atoms with Gasteiger partial charge in [0.15, 0.2) is 11.5 Å². The van der Waals surface area contributed by atoms with E-state index in [1.54, 1.807) is 0 Å². The molecule has 13 heteroatoms. The van der Waals surface area contributed by atoms with E-state index >= 15 is 0 Å². The molecule has 2 aliphatic carbocycles. The van der Waals surface area contributed by atoms with Crippen molar-refractivity contribution in [3.63, 3.8) is 0 Å². The molecule has 8 nitrogen and oxygen atoms in total. The number of carboxylic acid groups (broad SMARTS) is 1. The summed E-state index contributed by atoms with van der Waals surface area (Å²) in [5, 5.41) is 13.2. The lowest BCUT2D eigenvalue weighted by molar-refractivity contribution is -0.147. The van der Waals surface area contributed by atoms with Gasteiger partial charge in [0.05, 0.1) is 53.0 Å². The predicted molar refractivity (Wildman–Crippen MR) is 146 cm³/mol. The van der Waals surface area contributed by atoms with Gasteiger partial charge in [-0.15, -0.1) is 0 Å². The molecule has 0 radical (unpaired) electrons. The largest absolute Gasteiger partial charge is 0.497 e. The monoisotopic (exact) mass is 617 g/mol. The number of carboxylic acids is 1. The van der Waals surface area contributed by atoms with E-state index in [4.69, 9.17) is 27.9 Å². The van der Waals surface area contributed by atoms with Crippen LogP contribution in [0, 0.1) is 17.3 Å². The maximum Gasteiger partial charge on any atom is 0.433 e. The zero-order valence-electron chi connectivity index (χ0n) is 22.9. The van der Waals surface area contributed by atoms with Crippen LogP contribution in [0.15, 0.2) is 18.3 Å². The normalized spacial score (nSPS) is 20.8. The molecule has 1 aromatic heterocycles. The maximum absolute atomic E-state index is 14.4. The SMILES string of the molecule is COc1cc(Cl)c(C(=O)CN(CC2CC(C)(C)C2)C(=O)c2cnn([C@H]3CC[C@H](C(=O)O)CC3)c2C(F)(F)F)c(Cl)c1. The van der Waals surface area contributed by atoms with Crippen LogP contribution in [-0.4, -0.2) is 57.6 Å². The van der Waals surface area contributed by atoms with Gasteiger partial charge in [0.1, 0.15) is 5.75 Å². The van der Waals surface area contributed by atoms with Crippen LogP contribution in [-0.2, 0) is 11.0 Å². The number of aliphatic carboxylic acids is 1. The van der Waals surface area contributed by atoms with Crippen molar-refractivity contribution >= 4 is 40.9 Å². The van der Waals surface area contributed by atoms with E-state index in [1.807, 2.05) is 0 Å². The highest BCUT2D eigenvalue weighted by atomic mass is 35.5. The minimum atomic E-state index is -4.91. The van der Waals surface area contributed by atoms with E-state index in [9.17, 15) is 32.7 Å². The first kappa shape index (κ1) is 31.2. The lowest BCUT2D eigenvalue weighted by Crippen LogP contribution is -2.45. The van der Waals surface area contributed by atoms with Gasteiger partial charge in [-0.05, 0) is 62.0 Å². The lowest BCUT2D eigenvalue weighted by Gasteiger charge is -2.44. The smallest absolute Gasteiger partial charge is 0.433 e. The summed E-state index contributed by atoms with van der Waals surface area (Å²) in [4.78, 5) is 39.6. The first-order chi connectivity index (χ1) is 19.1. The Hall–Kier alpha value is -2.79. The average Bonchev–Trinajstić information content (AvgIpc) is 3.32. The topological polar surface area (TPSA) is 102 Å². The third-order valence-corrected chi connectivity index (χ3v) is 8.60. The van der Waals surface area contributed by atoms with Gasteiger partial charge in [0, 0.05) is 6.54 Å². The molecule has 1 heterocycles. The van der Waals surface area contributed by atoms with Gasteiger partial charge in [-0.25, -0.2) is 0 Å². The molecule has 224 valence electrons. The van der Waals surface area contributed by atoms with Gasteiger partial charge in [-0.1, -0.05) is 37.0 Å². The number of ether oxygens (including phenoxy) is 1. The number of hydrogen-bond donors (Lipinski definition) is 1. The van der Waals surface area contributed by atoms with E-state index in [2.05, 4.69) is 18.9 Å². The Morgan fingerprint density at radius 1 is 1.12 bits per heavy atom. The van der Waals surface area contributed by atoms with E-state index in [0.29, 0.717) is 5.75 Å². The minimum Gasteiger partial charge on any atom is -0.497 e. The number of alkyl halides is 3. The van der Waals surface area contributed by atoms with Crippen LogP contribution in [0.4, 0.5) is 13.2 Å². The fraction of sp³-hybridized carbons (Fsp3) is 0.571. The second kappa shape index (κ2) is 11.8. The quantitative estimate of drug-likeness (QED) is 0.311. The summed E-state index contributed by atoms with van der Waals surface area (Å²) in [6, 6.07) is 2.08. The molecule has 2 aromatic rings. The van der Waals surface area contributed by atoms with Crippen LogP contribution in [0.2, 0.25) is 10.0 Å². The van der Waals surface area contributed by atoms with Crippen LogP contribution in [0.3, 0.4) is 0 Å². The first-order valence-corrected chi connectivity index (χ1v) is 14.1. The third kappa shape index (κ3) is 6.83. The number of carbonyl (C=O) groups is 3. The number of carbonyl (C=O) groups excluding carboxylic acids is 2. The van der Waals surface area contributed by atoms with Gasteiger partial charge in [0.25, 0.3) is 5.91 Å². The maximum atomic E-state index is 14.4. The Balaban J connectivity index is 1.65. The Morgan fingerprint density at radius 3 is 2.20 bits per heavy atom. The number of benzene rings is 1. The summed E-state index contributed by atoms with van der Waals surface area (Å²) >= 11 is 12.6. The number of hydrogen-bond acceptors (Lipinski definition) is 5. The van der Waals surface area contributed by atoms with Crippen LogP contribution in [0.5, 0.6) is 5.75 Å². The van der Waals surface area contributed by atoms with Crippen LogP contribution >= 0.6 is 23.2 Å². The zero-order chi connectivity index (χ0) is 30.3. The van der Waals surface area contributed by atoms with Crippen molar-refractivity contribution in [2.24, 2.45) is 17.3 Å². The minimum absolute atomic E-state index is 0.000704. The zero-order valence-corrected chi connectivity index (χ0v) is 24.4. The Labute approximate surface area is 245 Å². The van der Waals surface area contributed by atoms with Crippen LogP contribution in [0.25, 0.3) is 0 Å². The number of nitrogens with zero attached hydrogens (tertiary/aromatic N) is 3. The van der Waals surface area contributed by atoms with Crippen molar-refractivity contribution < 1.29 is 37.4 Å². The second-order valence-electron chi connectivity index (χ2n) is 11.7.